The van der Waals surface area contributed by atoms with Crippen molar-refractivity contribution in [2.75, 3.05) is 0 Å². The second kappa shape index (κ2) is 3.40. The fourth-order valence-electron chi connectivity index (χ4n) is 1.34. The highest BCUT2D eigenvalue weighted by Gasteiger charge is 2.08. The molecule has 66 valence electrons. The van der Waals surface area contributed by atoms with Gasteiger partial charge in [0.2, 0.25) is 0 Å². The van der Waals surface area contributed by atoms with Crippen LogP contribution < -0.4 is 0 Å². The molecule has 1 rings (SSSR count). The molecule has 0 saturated carbocycles. The van der Waals surface area contributed by atoms with Crippen LogP contribution in [0.4, 0.5) is 0 Å². The lowest BCUT2D eigenvalue weighted by Crippen LogP contribution is -1.99. The largest absolute Gasteiger partial charge is 0.295 e. The van der Waals surface area contributed by atoms with Crippen LogP contribution in [-0.4, -0.2) is 5.78 Å². The third-order valence-electron chi connectivity index (χ3n) is 2.05. The van der Waals surface area contributed by atoms with Crippen molar-refractivity contribution in [3.63, 3.8) is 0 Å². The SMILES string of the molecule is CC(=O)c1cc(C)cc(C#N)c1C. The molecule has 13 heavy (non-hydrogen) atoms. The molecule has 2 heteroatoms. The number of nitriles is 1. The van der Waals surface area contributed by atoms with Crippen molar-refractivity contribution in [1.29, 1.82) is 5.26 Å². The Bertz CT molecular complexity index is 399. The molecule has 0 saturated heterocycles. The van der Waals surface area contributed by atoms with E-state index in [1.165, 1.54) is 6.92 Å². The van der Waals surface area contributed by atoms with Gasteiger partial charge in [-0.05, 0) is 44.0 Å². The van der Waals surface area contributed by atoms with Gasteiger partial charge in [0, 0.05) is 5.56 Å². The van der Waals surface area contributed by atoms with Gasteiger partial charge < -0.3 is 0 Å². The lowest BCUT2D eigenvalue weighted by molar-refractivity contribution is 0.101. The fraction of sp³-hybridized carbons (Fsp3) is 0.273. The van der Waals surface area contributed by atoms with Crippen LogP contribution in [0.25, 0.3) is 0 Å². The Hall–Kier alpha value is -1.62. The molecule has 2 nitrogen and oxygen atoms in total. The van der Waals surface area contributed by atoms with Crippen LogP contribution in [0.2, 0.25) is 0 Å². The number of nitrogens with zero attached hydrogens (tertiary/aromatic N) is 1. The Morgan fingerprint density at radius 2 is 2.00 bits per heavy atom. The molecule has 1 aromatic carbocycles. The van der Waals surface area contributed by atoms with Gasteiger partial charge in [0.05, 0.1) is 11.6 Å². The fourth-order valence-corrected chi connectivity index (χ4v) is 1.34. The molecule has 0 aliphatic carbocycles. The van der Waals surface area contributed by atoms with E-state index < -0.39 is 0 Å². The number of ketones is 1. The summed E-state index contributed by atoms with van der Waals surface area (Å²) in [7, 11) is 0. The van der Waals surface area contributed by atoms with Crippen LogP contribution in [0.5, 0.6) is 0 Å². The molecule has 0 radical (unpaired) electrons. The molecule has 0 aliphatic rings. The first-order valence-electron chi connectivity index (χ1n) is 4.08. The Morgan fingerprint density at radius 3 is 2.46 bits per heavy atom. The van der Waals surface area contributed by atoms with Crippen LogP contribution in [0.1, 0.15) is 34.0 Å². The summed E-state index contributed by atoms with van der Waals surface area (Å²) in [5.74, 6) is 0.0118. The molecule has 0 bridgehead atoms. The van der Waals surface area contributed by atoms with E-state index in [4.69, 9.17) is 5.26 Å². The number of hydrogen-bond donors (Lipinski definition) is 0. The maximum Gasteiger partial charge on any atom is 0.160 e. The van der Waals surface area contributed by atoms with Gasteiger partial charge >= 0.3 is 0 Å². The number of Topliss-reactive ketones (excluding diaryl/α,β-unsaturated/α-hetero) is 1. The summed E-state index contributed by atoms with van der Waals surface area (Å²) in [5, 5.41) is 8.79. The van der Waals surface area contributed by atoms with E-state index in [0.29, 0.717) is 11.1 Å². The normalized spacial score (nSPS) is 9.38. The number of carbonyl (C=O) groups is 1. The zero-order chi connectivity index (χ0) is 10.0. The Morgan fingerprint density at radius 1 is 1.38 bits per heavy atom. The van der Waals surface area contributed by atoms with E-state index in [1.807, 2.05) is 13.0 Å². The van der Waals surface area contributed by atoms with Crippen molar-refractivity contribution in [3.8, 4) is 6.07 Å². The monoisotopic (exact) mass is 173 g/mol. The third-order valence-corrected chi connectivity index (χ3v) is 2.05. The van der Waals surface area contributed by atoms with Crippen LogP contribution in [0, 0.1) is 25.2 Å². The van der Waals surface area contributed by atoms with Gasteiger partial charge in [-0.1, -0.05) is 0 Å². The van der Waals surface area contributed by atoms with Gasteiger partial charge in [0.25, 0.3) is 0 Å². The number of rotatable bonds is 1. The average Bonchev–Trinajstić information content (AvgIpc) is 2.08. The van der Waals surface area contributed by atoms with Gasteiger partial charge in [0.15, 0.2) is 5.78 Å². The Kier molecular flexibility index (Phi) is 2.48. The first-order valence-corrected chi connectivity index (χ1v) is 4.08. The smallest absolute Gasteiger partial charge is 0.160 e. The lowest BCUT2D eigenvalue weighted by Gasteiger charge is -2.05. The van der Waals surface area contributed by atoms with Crippen molar-refractivity contribution in [2.45, 2.75) is 20.8 Å². The third kappa shape index (κ3) is 1.75. The molecular weight excluding hydrogens is 162 g/mol. The zero-order valence-corrected chi connectivity index (χ0v) is 8.01. The standard InChI is InChI=1S/C11H11NO/c1-7-4-10(6-12)8(2)11(5-7)9(3)13/h4-5H,1-3H3. The highest BCUT2D eigenvalue weighted by atomic mass is 16.1. The van der Waals surface area contributed by atoms with Crippen LogP contribution in [0.3, 0.4) is 0 Å². The molecule has 0 heterocycles. The van der Waals surface area contributed by atoms with Gasteiger partial charge in [0.1, 0.15) is 0 Å². The maximum absolute atomic E-state index is 11.2. The van der Waals surface area contributed by atoms with Gasteiger partial charge in [-0.2, -0.15) is 5.26 Å². The van der Waals surface area contributed by atoms with E-state index in [2.05, 4.69) is 6.07 Å². The molecule has 1 aromatic rings. The number of hydrogen-bond acceptors (Lipinski definition) is 2. The second-order valence-electron chi connectivity index (χ2n) is 3.15. The van der Waals surface area contributed by atoms with Gasteiger partial charge in [-0.15, -0.1) is 0 Å². The molecule has 0 atom stereocenters. The highest BCUT2D eigenvalue weighted by molar-refractivity contribution is 5.96. The number of aryl methyl sites for hydroxylation is 1. The molecule has 0 N–H and O–H groups in total. The van der Waals surface area contributed by atoms with Crippen LogP contribution in [-0.2, 0) is 0 Å². The minimum Gasteiger partial charge on any atom is -0.295 e. The first kappa shape index (κ1) is 9.47. The molecular formula is C11H11NO. The minimum atomic E-state index is 0.0118. The van der Waals surface area contributed by atoms with Crippen LogP contribution >= 0.6 is 0 Å². The Labute approximate surface area is 77.8 Å². The van der Waals surface area contributed by atoms with E-state index in [1.54, 1.807) is 13.0 Å². The molecule has 0 amide bonds. The zero-order valence-electron chi connectivity index (χ0n) is 8.01. The van der Waals surface area contributed by atoms with E-state index in [9.17, 15) is 4.79 Å². The summed E-state index contributed by atoms with van der Waals surface area (Å²) >= 11 is 0. The van der Waals surface area contributed by atoms with E-state index >= 15 is 0 Å². The summed E-state index contributed by atoms with van der Waals surface area (Å²) in [4.78, 5) is 11.2. The maximum atomic E-state index is 11.2. The average molecular weight is 173 g/mol. The summed E-state index contributed by atoms with van der Waals surface area (Å²) in [6.45, 7) is 5.20. The molecule has 0 aliphatic heterocycles. The van der Waals surface area contributed by atoms with Crippen LogP contribution in [0.15, 0.2) is 12.1 Å². The summed E-state index contributed by atoms with van der Waals surface area (Å²) in [6, 6.07) is 5.69. The second-order valence-corrected chi connectivity index (χ2v) is 3.15. The molecule has 0 spiro atoms. The van der Waals surface area contributed by atoms with Crippen molar-refractivity contribution < 1.29 is 4.79 Å². The Balaban J connectivity index is 3.47. The number of benzene rings is 1. The van der Waals surface area contributed by atoms with Gasteiger partial charge in [-0.25, -0.2) is 0 Å². The van der Waals surface area contributed by atoms with Crippen molar-refractivity contribution in [3.05, 3.63) is 34.4 Å². The predicted molar refractivity (Wildman–Crippen MR) is 50.6 cm³/mol. The predicted octanol–water partition coefficient (Wildman–Crippen LogP) is 2.38. The first-order chi connectivity index (χ1) is 6.06. The highest BCUT2D eigenvalue weighted by Crippen LogP contribution is 2.16. The van der Waals surface area contributed by atoms with Crippen molar-refractivity contribution in [2.24, 2.45) is 0 Å². The van der Waals surface area contributed by atoms with Gasteiger partial charge in [-0.3, -0.25) is 4.79 Å². The summed E-state index contributed by atoms with van der Waals surface area (Å²) in [5.41, 5.74) is 2.97. The van der Waals surface area contributed by atoms with E-state index in [0.717, 1.165) is 11.1 Å². The van der Waals surface area contributed by atoms with E-state index in [-0.39, 0.29) is 5.78 Å². The molecule has 0 unspecified atom stereocenters. The number of carbonyl (C=O) groups excluding carboxylic acids is 1. The summed E-state index contributed by atoms with van der Waals surface area (Å²) in [6.07, 6.45) is 0. The lowest BCUT2D eigenvalue weighted by atomic mass is 9.98. The van der Waals surface area contributed by atoms with Crippen molar-refractivity contribution >= 4 is 5.78 Å². The summed E-state index contributed by atoms with van der Waals surface area (Å²) < 4.78 is 0. The molecule has 0 fully saturated rings. The minimum absolute atomic E-state index is 0.0118. The topological polar surface area (TPSA) is 40.9 Å². The molecule has 0 aromatic heterocycles. The van der Waals surface area contributed by atoms with Crippen molar-refractivity contribution in [1.82, 2.24) is 0 Å². The quantitative estimate of drug-likeness (QED) is 0.612.